The van der Waals surface area contributed by atoms with E-state index >= 15 is 0 Å². The van der Waals surface area contributed by atoms with E-state index in [1.165, 1.54) is 12.8 Å². The summed E-state index contributed by atoms with van der Waals surface area (Å²) in [6.07, 6.45) is 7.60. The highest BCUT2D eigenvalue weighted by Gasteiger charge is 2.23. The molecule has 2 saturated heterocycles. The maximum Gasteiger partial charge on any atom is 0.193 e. The fraction of sp³-hybridized carbons (Fsp3) is 0.955. The van der Waals surface area contributed by atoms with Crippen LogP contribution in [0.1, 0.15) is 66.2 Å². The standard InChI is InChI=1S/C22H44N4O2.HI/c1-18(2)26(19(3)4)13-8-12-24-22(23-5)25-14-10-20(11-15-25)28-17-21-9-6-7-16-27-21;/h18-21H,6-17H2,1-5H3,(H,23,24);1H. The van der Waals surface area contributed by atoms with E-state index in [2.05, 4.69) is 47.8 Å². The van der Waals surface area contributed by atoms with Gasteiger partial charge in [0.1, 0.15) is 0 Å². The summed E-state index contributed by atoms with van der Waals surface area (Å²) in [7, 11) is 1.89. The van der Waals surface area contributed by atoms with Crippen LogP contribution in [-0.2, 0) is 9.47 Å². The minimum Gasteiger partial charge on any atom is -0.376 e. The van der Waals surface area contributed by atoms with Gasteiger partial charge in [-0.2, -0.15) is 0 Å². The van der Waals surface area contributed by atoms with Crippen molar-refractivity contribution in [2.45, 2.75) is 90.5 Å². The molecule has 172 valence electrons. The van der Waals surface area contributed by atoms with Gasteiger partial charge in [0.25, 0.3) is 0 Å². The molecule has 0 amide bonds. The number of halogens is 1. The molecule has 0 radical (unpaired) electrons. The summed E-state index contributed by atoms with van der Waals surface area (Å²) in [5, 5.41) is 3.56. The second kappa shape index (κ2) is 14.8. The molecule has 0 aromatic carbocycles. The molecule has 1 N–H and O–H groups in total. The number of nitrogens with one attached hydrogen (secondary N) is 1. The Labute approximate surface area is 196 Å². The van der Waals surface area contributed by atoms with Gasteiger partial charge in [0, 0.05) is 51.9 Å². The van der Waals surface area contributed by atoms with Gasteiger partial charge in [0.05, 0.1) is 18.8 Å². The van der Waals surface area contributed by atoms with E-state index in [-0.39, 0.29) is 24.0 Å². The smallest absolute Gasteiger partial charge is 0.193 e. The van der Waals surface area contributed by atoms with Crippen molar-refractivity contribution in [1.29, 1.82) is 0 Å². The van der Waals surface area contributed by atoms with Crippen LogP contribution in [0.25, 0.3) is 0 Å². The molecular formula is C22H45IN4O2. The SMILES string of the molecule is CN=C(NCCCN(C(C)C)C(C)C)N1CCC(OCC2CCCCO2)CC1.I. The summed E-state index contributed by atoms with van der Waals surface area (Å²) in [5.74, 6) is 1.04. The molecule has 2 fully saturated rings. The van der Waals surface area contributed by atoms with Crippen molar-refractivity contribution in [3.05, 3.63) is 0 Å². The van der Waals surface area contributed by atoms with Crippen LogP contribution in [0.4, 0.5) is 0 Å². The third kappa shape index (κ3) is 9.70. The number of nitrogens with zero attached hydrogens (tertiary/aromatic N) is 3. The van der Waals surface area contributed by atoms with Crippen LogP contribution in [0.3, 0.4) is 0 Å². The fourth-order valence-corrected chi connectivity index (χ4v) is 4.32. The molecule has 0 bridgehead atoms. The minimum absolute atomic E-state index is 0. The zero-order valence-corrected chi connectivity index (χ0v) is 21.7. The number of piperidine rings is 1. The second-order valence-electron chi connectivity index (χ2n) is 8.76. The molecule has 0 aromatic heterocycles. The molecule has 2 aliphatic rings. The predicted octanol–water partition coefficient (Wildman–Crippen LogP) is 3.74. The quantitative estimate of drug-likeness (QED) is 0.216. The minimum atomic E-state index is 0. The molecule has 0 spiro atoms. The van der Waals surface area contributed by atoms with Gasteiger partial charge in [0.15, 0.2) is 5.96 Å². The first kappa shape index (κ1) is 26.9. The molecule has 0 saturated carbocycles. The van der Waals surface area contributed by atoms with Crippen molar-refractivity contribution in [2.24, 2.45) is 4.99 Å². The average Bonchev–Trinajstić information content (AvgIpc) is 2.70. The third-order valence-electron chi connectivity index (χ3n) is 5.95. The summed E-state index contributed by atoms with van der Waals surface area (Å²) >= 11 is 0. The monoisotopic (exact) mass is 524 g/mol. The highest BCUT2D eigenvalue weighted by molar-refractivity contribution is 14.0. The summed E-state index contributed by atoms with van der Waals surface area (Å²) in [6.45, 7) is 14.9. The molecule has 2 aliphatic heterocycles. The molecule has 0 aliphatic carbocycles. The number of guanidine groups is 1. The van der Waals surface area contributed by atoms with E-state index in [4.69, 9.17) is 9.47 Å². The van der Waals surface area contributed by atoms with E-state index in [1.54, 1.807) is 0 Å². The van der Waals surface area contributed by atoms with Gasteiger partial charge in [-0.25, -0.2) is 0 Å². The third-order valence-corrected chi connectivity index (χ3v) is 5.95. The Morgan fingerprint density at radius 1 is 1.14 bits per heavy atom. The Hall–Kier alpha value is -0.120. The average molecular weight is 525 g/mol. The zero-order chi connectivity index (χ0) is 20.4. The van der Waals surface area contributed by atoms with Crippen LogP contribution in [-0.4, -0.2) is 86.5 Å². The van der Waals surface area contributed by atoms with E-state index < -0.39 is 0 Å². The van der Waals surface area contributed by atoms with Gasteiger partial charge < -0.3 is 19.7 Å². The molecule has 29 heavy (non-hydrogen) atoms. The number of aliphatic imine (C=N–C) groups is 1. The van der Waals surface area contributed by atoms with E-state index in [0.717, 1.165) is 71.0 Å². The summed E-state index contributed by atoms with van der Waals surface area (Å²) in [6, 6.07) is 1.19. The topological polar surface area (TPSA) is 49.3 Å². The molecule has 6 nitrogen and oxygen atoms in total. The largest absolute Gasteiger partial charge is 0.376 e. The number of hydrogen-bond donors (Lipinski definition) is 1. The van der Waals surface area contributed by atoms with Crippen molar-refractivity contribution in [3.63, 3.8) is 0 Å². The van der Waals surface area contributed by atoms with Crippen molar-refractivity contribution in [1.82, 2.24) is 15.1 Å². The van der Waals surface area contributed by atoms with Crippen molar-refractivity contribution < 1.29 is 9.47 Å². The Kier molecular flexibility index (Phi) is 13.7. The predicted molar refractivity (Wildman–Crippen MR) is 133 cm³/mol. The van der Waals surface area contributed by atoms with Crippen molar-refractivity contribution >= 4 is 29.9 Å². The van der Waals surface area contributed by atoms with Gasteiger partial charge in [-0.3, -0.25) is 9.89 Å². The lowest BCUT2D eigenvalue weighted by atomic mass is 10.1. The summed E-state index contributed by atoms with van der Waals surface area (Å²) in [4.78, 5) is 9.42. The lowest BCUT2D eigenvalue weighted by Crippen LogP contribution is -2.48. The van der Waals surface area contributed by atoms with Crippen LogP contribution in [0.15, 0.2) is 4.99 Å². The first-order chi connectivity index (χ1) is 13.5. The lowest BCUT2D eigenvalue weighted by molar-refractivity contribution is -0.0721. The molecule has 0 aromatic rings. The molecule has 2 heterocycles. The van der Waals surface area contributed by atoms with Gasteiger partial charge in [-0.05, 0) is 66.2 Å². The fourth-order valence-electron chi connectivity index (χ4n) is 4.32. The lowest BCUT2D eigenvalue weighted by Gasteiger charge is -2.35. The zero-order valence-electron chi connectivity index (χ0n) is 19.4. The number of likely N-dealkylation sites (tertiary alicyclic amines) is 1. The van der Waals surface area contributed by atoms with Crippen molar-refractivity contribution in [2.75, 3.05) is 46.4 Å². The maximum absolute atomic E-state index is 6.14. The Morgan fingerprint density at radius 3 is 2.38 bits per heavy atom. The molecule has 1 unspecified atom stereocenters. The Bertz CT molecular complexity index is 440. The number of hydrogen-bond acceptors (Lipinski definition) is 4. The molecule has 2 rings (SSSR count). The van der Waals surface area contributed by atoms with Crippen LogP contribution < -0.4 is 5.32 Å². The summed E-state index contributed by atoms with van der Waals surface area (Å²) < 4.78 is 11.9. The van der Waals surface area contributed by atoms with Crippen LogP contribution in [0, 0.1) is 0 Å². The number of rotatable bonds is 9. The highest BCUT2D eigenvalue weighted by atomic mass is 127. The van der Waals surface area contributed by atoms with E-state index in [1.807, 2.05) is 7.05 Å². The second-order valence-corrected chi connectivity index (χ2v) is 8.76. The van der Waals surface area contributed by atoms with Crippen molar-refractivity contribution in [3.8, 4) is 0 Å². The number of ether oxygens (including phenoxy) is 2. The van der Waals surface area contributed by atoms with Gasteiger partial charge in [0.2, 0.25) is 0 Å². The van der Waals surface area contributed by atoms with Crippen LogP contribution >= 0.6 is 24.0 Å². The Morgan fingerprint density at radius 2 is 1.83 bits per heavy atom. The van der Waals surface area contributed by atoms with Crippen LogP contribution in [0.5, 0.6) is 0 Å². The first-order valence-electron chi connectivity index (χ1n) is 11.5. The summed E-state index contributed by atoms with van der Waals surface area (Å²) in [5.41, 5.74) is 0. The first-order valence-corrected chi connectivity index (χ1v) is 11.5. The molecule has 1 atom stereocenters. The highest BCUT2D eigenvalue weighted by Crippen LogP contribution is 2.18. The molecular weight excluding hydrogens is 479 g/mol. The maximum atomic E-state index is 6.14. The van der Waals surface area contributed by atoms with Gasteiger partial charge in [-0.15, -0.1) is 24.0 Å². The van der Waals surface area contributed by atoms with E-state index in [0.29, 0.717) is 24.3 Å². The van der Waals surface area contributed by atoms with Gasteiger partial charge in [-0.1, -0.05) is 0 Å². The van der Waals surface area contributed by atoms with Gasteiger partial charge >= 0.3 is 0 Å². The van der Waals surface area contributed by atoms with E-state index in [9.17, 15) is 0 Å². The molecule has 7 heteroatoms. The normalized spacial score (nSPS) is 21.7. The Balaban J connectivity index is 0.00000420. The van der Waals surface area contributed by atoms with Crippen LogP contribution in [0.2, 0.25) is 0 Å².